The number of nitrogens with zero attached hydrogens (tertiary/aromatic N) is 1. The van der Waals surface area contributed by atoms with E-state index in [0.717, 1.165) is 24.8 Å². The molecule has 0 saturated carbocycles. The lowest BCUT2D eigenvalue weighted by molar-refractivity contribution is -0.142. The highest BCUT2D eigenvalue weighted by atomic mass is 32.1. The number of aliphatic carboxylic acids is 1. The number of hydrogen-bond donors (Lipinski definition) is 2. The lowest BCUT2D eigenvalue weighted by Crippen LogP contribution is -2.41. The first-order valence-corrected chi connectivity index (χ1v) is 8.81. The molecule has 22 heavy (non-hydrogen) atoms. The van der Waals surface area contributed by atoms with Gasteiger partial charge in [0.1, 0.15) is 0 Å². The van der Waals surface area contributed by atoms with Gasteiger partial charge in [-0.25, -0.2) is 0 Å². The number of rotatable bonds is 2. The maximum atomic E-state index is 12.9. The summed E-state index contributed by atoms with van der Waals surface area (Å²) in [7, 11) is 0. The normalized spacial score (nSPS) is 25.4. The first kappa shape index (κ1) is 15.5. The van der Waals surface area contributed by atoms with Gasteiger partial charge in [-0.2, -0.15) is 0 Å². The summed E-state index contributed by atoms with van der Waals surface area (Å²) in [5.41, 5.74) is 7.99. The van der Waals surface area contributed by atoms with Crippen LogP contribution in [-0.2, 0) is 17.6 Å². The smallest absolute Gasteiger partial charge is 0.308 e. The molecule has 2 aliphatic rings. The molecule has 1 aliphatic heterocycles. The molecule has 1 aromatic heterocycles. The number of carbonyl (C=O) groups excluding carboxylic acids is 1. The minimum absolute atomic E-state index is 0.0389. The summed E-state index contributed by atoms with van der Waals surface area (Å²) in [5, 5.41) is 11.2. The highest BCUT2D eigenvalue weighted by Crippen LogP contribution is 2.31. The minimum atomic E-state index is -0.834. The Balaban J connectivity index is 1.83. The molecule has 1 amide bonds. The Morgan fingerprint density at radius 1 is 1.23 bits per heavy atom. The third-order valence-corrected chi connectivity index (χ3v) is 5.80. The van der Waals surface area contributed by atoms with E-state index in [1.165, 1.54) is 16.9 Å². The van der Waals surface area contributed by atoms with Gasteiger partial charge in [0, 0.05) is 29.4 Å². The fourth-order valence-corrected chi connectivity index (χ4v) is 4.55. The van der Waals surface area contributed by atoms with Gasteiger partial charge >= 0.3 is 5.97 Å². The van der Waals surface area contributed by atoms with Gasteiger partial charge in [0.15, 0.2) is 0 Å². The van der Waals surface area contributed by atoms with Crippen molar-refractivity contribution < 1.29 is 14.7 Å². The average molecular weight is 322 g/mol. The quantitative estimate of drug-likeness (QED) is 0.871. The van der Waals surface area contributed by atoms with Crippen molar-refractivity contribution in [1.82, 2.24) is 4.90 Å². The van der Waals surface area contributed by atoms with E-state index in [9.17, 15) is 14.7 Å². The SMILES string of the molecule is N[C@@H]1CC[C@H](C(=O)O)CN(C(=O)c2csc3c2CCCC3)C1. The van der Waals surface area contributed by atoms with Crippen molar-refractivity contribution in [3.05, 3.63) is 21.4 Å². The lowest BCUT2D eigenvalue weighted by Gasteiger charge is -2.25. The summed E-state index contributed by atoms with van der Waals surface area (Å²) in [6.07, 6.45) is 5.54. The van der Waals surface area contributed by atoms with Gasteiger partial charge in [-0.1, -0.05) is 0 Å². The molecule has 3 rings (SSSR count). The number of carboxylic acid groups (broad SMARTS) is 1. The number of aryl methyl sites for hydroxylation is 1. The van der Waals surface area contributed by atoms with Crippen LogP contribution in [0.1, 0.15) is 46.5 Å². The summed E-state index contributed by atoms with van der Waals surface area (Å²) >= 11 is 1.66. The van der Waals surface area contributed by atoms with Crippen molar-refractivity contribution in [3.63, 3.8) is 0 Å². The maximum absolute atomic E-state index is 12.9. The second kappa shape index (κ2) is 6.38. The number of carboxylic acids is 1. The van der Waals surface area contributed by atoms with Crippen molar-refractivity contribution in [2.24, 2.45) is 11.7 Å². The fraction of sp³-hybridized carbons (Fsp3) is 0.625. The lowest BCUT2D eigenvalue weighted by atomic mass is 9.95. The van der Waals surface area contributed by atoms with Crippen LogP contribution in [0.5, 0.6) is 0 Å². The van der Waals surface area contributed by atoms with Gasteiger partial charge in [0.25, 0.3) is 5.91 Å². The molecule has 0 bridgehead atoms. The number of fused-ring (bicyclic) bond motifs is 1. The molecule has 120 valence electrons. The fourth-order valence-electron chi connectivity index (χ4n) is 3.43. The summed E-state index contributed by atoms with van der Waals surface area (Å²) < 4.78 is 0. The Labute approximate surface area is 134 Å². The van der Waals surface area contributed by atoms with Crippen molar-refractivity contribution in [2.75, 3.05) is 13.1 Å². The molecular weight excluding hydrogens is 300 g/mol. The zero-order valence-electron chi connectivity index (χ0n) is 12.6. The van der Waals surface area contributed by atoms with Crippen LogP contribution in [0, 0.1) is 5.92 Å². The third kappa shape index (κ3) is 3.03. The molecule has 1 aromatic rings. The van der Waals surface area contributed by atoms with E-state index in [1.807, 2.05) is 5.38 Å². The van der Waals surface area contributed by atoms with Crippen LogP contribution in [0.25, 0.3) is 0 Å². The highest BCUT2D eigenvalue weighted by Gasteiger charge is 2.31. The van der Waals surface area contributed by atoms with Gasteiger partial charge in [0.05, 0.1) is 11.5 Å². The number of nitrogens with two attached hydrogens (primary N) is 1. The first-order valence-electron chi connectivity index (χ1n) is 7.93. The molecule has 5 nitrogen and oxygen atoms in total. The van der Waals surface area contributed by atoms with Crippen LogP contribution in [0.2, 0.25) is 0 Å². The Bertz CT molecular complexity index is 584. The van der Waals surface area contributed by atoms with E-state index in [0.29, 0.717) is 19.4 Å². The molecule has 2 heterocycles. The van der Waals surface area contributed by atoms with Crippen molar-refractivity contribution in [3.8, 4) is 0 Å². The second-order valence-corrected chi connectivity index (χ2v) is 7.31. The zero-order chi connectivity index (χ0) is 15.7. The number of carbonyl (C=O) groups is 2. The predicted molar refractivity (Wildman–Crippen MR) is 85.2 cm³/mol. The minimum Gasteiger partial charge on any atom is -0.481 e. The summed E-state index contributed by atoms with van der Waals surface area (Å²) in [6, 6.07) is -0.136. The monoisotopic (exact) mass is 322 g/mol. The molecule has 3 N–H and O–H groups in total. The predicted octanol–water partition coefficient (Wildman–Crippen LogP) is 1.89. The molecule has 0 aromatic carbocycles. The Kier molecular flexibility index (Phi) is 4.49. The summed E-state index contributed by atoms with van der Waals surface area (Å²) in [6.45, 7) is 0.722. The van der Waals surface area contributed by atoms with Gasteiger partial charge < -0.3 is 15.7 Å². The van der Waals surface area contributed by atoms with E-state index in [4.69, 9.17) is 5.73 Å². The molecular formula is C16H22N2O3S. The summed E-state index contributed by atoms with van der Waals surface area (Å²) in [4.78, 5) is 27.2. The van der Waals surface area contributed by atoms with Crippen molar-refractivity contribution in [1.29, 1.82) is 0 Å². The van der Waals surface area contributed by atoms with Crippen molar-refractivity contribution in [2.45, 2.75) is 44.6 Å². The Morgan fingerprint density at radius 2 is 2.00 bits per heavy atom. The number of amides is 1. The van der Waals surface area contributed by atoms with Crippen LogP contribution >= 0.6 is 11.3 Å². The molecule has 1 fully saturated rings. The number of thiophene rings is 1. The molecule has 1 aliphatic carbocycles. The van der Waals surface area contributed by atoms with E-state index in [2.05, 4.69) is 0 Å². The Hall–Kier alpha value is -1.40. The van der Waals surface area contributed by atoms with E-state index < -0.39 is 11.9 Å². The molecule has 0 unspecified atom stereocenters. The zero-order valence-corrected chi connectivity index (χ0v) is 13.4. The van der Waals surface area contributed by atoms with Gasteiger partial charge in [-0.15, -0.1) is 11.3 Å². The van der Waals surface area contributed by atoms with Crippen molar-refractivity contribution >= 4 is 23.2 Å². The molecule has 1 saturated heterocycles. The van der Waals surface area contributed by atoms with Crippen LogP contribution < -0.4 is 5.73 Å². The van der Waals surface area contributed by atoms with Crippen LogP contribution in [0.15, 0.2) is 5.38 Å². The number of hydrogen-bond acceptors (Lipinski definition) is 4. The van der Waals surface area contributed by atoms with E-state index in [-0.39, 0.29) is 18.5 Å². The van der Waals surface area contributed by atoms with E-state index in [1.54, 1.807) is 16.2 Å². The van der Waals surface area contributed by atoms with Crippen LogP contribution in [0.3, 0.4) is 0 Å². The van der Waals surface area contributed by atoms with E-state index >= 15 is 0 Å². The molecule has 0 radical (unpaired) electrons. The maximum Gasteiger partial charge on any atom is 0.308 e. The summed E-state index contributed by atoms with van der Waals surface area (Å²) in [5.74, 6) is -1.38. The van der Waals surface area contributed by atoms with Gasteiger partial charge in [-0.3, -0.25) is 9.59 Å². The van der Waals surface area contributed by atoms with Gasteiger partial charge in [-0.05, 0) is 44.1 Å². The van der Waals surface area contributed by atoms with Crippen LogP contribution in [0.4, 0.5) is 0 Å². The van der Waals surface area contributed by atoms with Gasteiger partial charge in [0.2, 0.25) is 0 Å². The molecule has 0 spiro atoms. The Morgan fingerprint density at radius 3 is 2.77 bits per heavy atom. The largest absolute Gasteiger partial charge is 0.481 e. The van der Waals surface area contributed by atoms with Crippen LogP contribution in [-0.4, -0.2) is 41.0 Å². The third-order valence-electron chi connectivity index (χ3n) is 4.71. The standard InChI is InChI=1S/C16H22N2O3S/c17-11-6-5-10(16(20)21)7-18(8-11)15(19)13-9-22-14-4-2-1-3-12(13)14/h9-11H,1-8,17H2,(H,20,21)/t10-,11+/m0/s1. The number of likely N-dealkylation sites (tertiary alicyclic amines) is 1. The topological polar surface area (TPSA) is 83.6 Å². The average Bonchev–Trinajstić information content (AvgIpc) is 2.82. The second-order valence-electron chi connectivity index (χ2n) is 6.34. The highest BCUT2D eigenvalue weighted by molar-refractivity contribution is 7.10. The molecule has 6 heteroatoms. The first-order chi connectivity index (χ1) is 10.6. The molecule has 2 atom stereocenters.